The minimum Gasteiger partial charge on any atom is -0.493 e. The van der Waals surface area contributed by atoms with Gasteiger partial charge >= 0.3 is 0 Å². The summed E-state index contributed by atoms with van der Waals surface area (Å²) in [7, 11) is 0. The molecule has 0 unspecified atom stereocenters. The molecule has 1 aromatic heterocycles. The van der Waals surface area contributed by atoms with Crippen molar-refractivity contribution in [2.75, 3.05) is 26.2 Å². The van der Waals surface area contributed by atoms with Crippen LogP contribution in [0.25, 0.3) is 0 Å². The SMILES string of the molecule is O=C(NCCn1ccnc1)[C@@H]1CN(CC2CC2)[C@H]2c3ccccc3OC[C@@H]12. The van der Waals surface area contributed by atoms with Gasteiger partial charge in [0.15, 0.2) is 0 Å². The van der Waals surface area contributed by atoms with E-state index < -0.39 is 0 Å². The van der Waals surface area contributed by atoms with Gasteiger partial charge in [0.05, 0.1) is 18.9 Å². The summed E-state index contributed by atoms with van der Waals surface area (Å²) < 4.78 is 8.01. The fourth-order valence-electron chi connectivity index (χ4n) is 4.63. The van der Waals surface area contributed by atoms with E-state index in [0.29, 0.717) is 19.2 Å². The van der Waals surface area contributed by atoms with E-state index >= 15 is 0 Å². The van der Waals surface area contributed by atoms with E-state index in [1.165, 1.54) is 18.4 Å². The van der Waals surface area contributed by atoms with Gasteiger partial charge in [-0.1, -0.05) is 18.2 Å². The minimum atomic E-state index is -0.00936. The Morgan fingerprint density at radius 3 is 3.00 bits per heavy atom. The maximum absolute atomic E-state index is 13.0. The molecule has 3 atom stereocenters. The number of benzene rings is 1. The number of amides is 1. The lowest BCUT2D eigenvalue weighted by molar-refractivity contribution is -0.126. The van der Waals surface area contributed by atoms with Crippen molar-refractivity contribution in [3.05, 3.63) is 48.5 Å². The number of nitrogens with one attached hydrogen (secondary N) is 1. The first-order valence-corrected chi connectivity index (χ1v) is 9.99. The van der Waals surface area contributed by atoms with Crippen LogP contribution in [0.4, 0.5) is 0 Å². The van der Waals surface area contributed by atoms with E-state index in [1.54, 1.807) is 12.5 Å². The number of nitrogens with zero attached hydrogens (tertiary/aromatic N) is 3. The second-order valence-electron chi connectivity index (χ2n) is 8.05. The molecule has 1 saturated carbocycles. The van der Waals surface area contributed by atoms with Gasteiger partial charge in [0.2, 0.25) is 5.91 Å². The third-order valence-electron chi connectivity index (χ3n) is 6.17. The number of likely N-dealkylation sites (tertiary alicyclic amines) is 1. The van der Waals surface area contributed by atoms with E-state index in [4.69, 9.17) is 4.74 Å². The van der Waals surface area contributed by atoms with Gasteiger partial charge in [-0.3, -0.25) is 9.69 Å². The highest BCUT2D eigenvalue weighted by Gasteiger charge is 2.49. The zero-order chi connectivity index (χ0) is 18.2. The van der Waals surface area contributed by atoms with Crippen molar-refractivity contribution in [1.29, 1.82) is 0 Å². The summed E-state index contributed by atoms with van der Waals surface area (Å²) in [4.78, 5) is 19.6. The van der Waals surface area contributed by atoms with Crippen LogP contribution in [0.1, 0.15) is 24.4 Å². The second kappa shape index (κ2) is 7.00. The molecule has 1 aromatic carbocycles. The maximum atomic E-state index is 13.0. The molecular formula is C21H26N4O2. The van der Waals surface area contributed by atoms with Crippen molar-refractivity contribution in [1.82, 2.24) is 19.8 Å². The molecule has 2 aromatic rings. The maximum Gasteiger partial charge on any atom is 0.224 e. The molecule has 3 aliphatic rings. The number of fused-ring (bicyclic) bond motifs is 3. The van der Waals surface area contributed by atoms with Crippen LogP contribution in [0.2, 0.25) is 0 Å². The Bertz CT molecular complexity index is 802. The highest BCUT2D eigenvalue weighted by atomic mass is 16.5. The highest BCUT2D eigenvalue weighted by molar-refractivity contribution is 5.80. The van der Waals surface area contributed by atoms with Gasteiger partial charge in [0.25, 0.3) is 0 Å². The number of aromatic nitrogens is 2. The third-order valence-corrected chi connectivity index (χ3v) is 6.17. The number of para-hydroxylation sites is 1. The van der Waals surface area contributed by atoms with Crippen LogP contribution in [0.15, 0.2) is 43.0 Å². The standard InChI is InChI=1S/C21H26N4O2/c26-21(23-8-10-24-9-7-22-14-24)17-12-25(11-15-5-6-15)20-16-3-1-2-4-19(16)27-13-18(17)20/h1-4,7,9,14-15,17-18,20H,5-6,8,10-13H2,(H,23,26)/t17-,18+,20+/m1/s1. The average Bonchev–Trinajstić information content (AvgIpc) is 3.21. The van der Waals surface area contributed by atoms with Crippen LogP contribution in [0.3, 0.4) is 0 Å². The molecule has 142 valence electrons. The highest BCUT2D eigenvalue weighted by Crippen LogP contribution is 2.48. The van der Waals surface area contributed by atoms with Crippen LogP contribution in [0.5, 0.6) is 5.75 Å². The predicted octanol–water partition coefficient (Wildman–Crippen LogP) is 2.09. The number of carbonyl (C=O) groups excluding carboxylic acids is 1. The molecule has 1 aliphatic carbocycles. The van der Waals surface area contributed by atoms with Crippen molar-refractivity contribution in [3.63, 3.8) is 0 Å². The lowest BCUT2D eigenvalue weighted by atomic mass is 9.85. The number of rotatable bonds is 6. The lowest BCUT2D eigenvalue weighted by Crippen LogP contribution is -2.39. The Kier molecular flexibility index (Phi) is 4.36. The molecule has 6 nitrogen and oxygen atoms in total. The zero-order valence-corrected chi connectivity index (χ0v) is 15.5. The Balaban J connectivity index is 1.31. The molecule has 0 bridgehead atoms. The van der Waals surface area contributed by atoms with Crippen molar-refractivity contribution >= 4 is 5.91 Å². The molecule has 0 radical (unpaired) electrons. The predicted molar refractivity (Wildman–Crippen MR) is 101 cm³/mol. The van der Waals surface area contributed by atoms with Crippen LogP contribution in [-0.2, 0) is 11.3 Å². The van der Waals surface area contributed by atoms with Gasteiger partial charge in [-0.2, -0.15) is 0 Å². The fourth-order valence-corrected chi connectivity index (χ4v) is 4.63. The Morgan fingerprint density at radius 1 is 1.30 bits per heavy atom. The summed E-state index contributed by atoms with van der Waals surface area (Å²) in [5, 5.41) is 3.14. The van der Waals surface area contributed by atoms with E-state index in [9.17, 15) is 4.79 Å². The number of hydrogen-bond acceptors (Lipinski definition) is 4. The summed E-state index contributed by atoms with van der Waals surface area (Å²) in [6.45, 7) is 3.94. The number of carbonyl (C=O) groups is 1. The molecule has 2 fully saturated rings. The van der Waals surface area contributed by atoms with Crippen molar-refractivity contribution in [2.24, 2.45) is 17.8 Å². The molecule has 1 amide bonds. The monoisotopic (exact) mass is 366 g/mol. The third kappa shape index (κ3) is 3.34. The molecule has 3 heterocycles. The van der Waals surface area contributed by atoms with Gasteiger partial charge < -0.3 is 14.6 Å². The first kappa shape index (κ1) is 16.8. The molecule has 5 rings (SSSR count). The van der Waals surface area contributed by atoms with Gasteiger partial charge in [0.1, 0.15) is 5.75 Å². The van der Waals surface area contributed by atoms with Gasteiger partial charge in [0, 0.05) is 56.1 Å². The molecule has 27 heavy (non-hydrogen) atoms. The molecule has 0 spiro atoms. The largest absolute Gasteiger partial charge is 0.493 e. The van der Waals surface area contributed by atoms with Crippen molar-refractivity contribution in [3.8, 4) is 5.75 Å². The van der Waals surface area contributed by atoms with Gasteiger partial charge in [-0.05, 0) is 24.8 Å². The van der Waals surface area contributed by atoms with Crippen molar-refractivity contribution < 1.29 is 9.53 Å². The Hall–Kier alpha value is -2.34. The molecule has 1 N–H and O–H groups in total. The van der Waals surface area contributed by atoms with E-state index in [2.05, 4.69) is 33.4 Å². The van der Waals surface area contributed by atoms with Crippen LogP contribution in [0, 0.1) is 17.8 Å². The van der Waals surface area contributed by atoms with E-state index in [-0.39, 0.29) is 17.7 Å². The average molecular weight is 366 g/mol. The second-order valence-corrected chi connectivity index (χ2v) is 8.05. The Morgan fingerprint density at radius 2 is 2.19 bits per heavy atom. The minimum absolute atomic E-state index is 0.00936. The van der Waals surface area contributed by atoms with Crippen molar-refractivity contribution in [2.45, 2.75) is 25.4 Å². The van der Waals surface area contributed by atoms with E-state index in [0.717, 1.165) is 31.3 Å². The first-order valence-electron chi connectivity index (χ1n) is 9.99. The number of imidazole rings is 1. The van der Waals surface area contributed by atoms with E-state index in [1.807, 2.05) is 16.8 Å². The zero-order valence-electron chi connectivity index (χ0n) is 15.5. The number of hydrogen-bond donors (Lipinski definition) is 1. The lowest BCUT2D eigenvalue weighted by Gasteiger charge is -2.34. The summed E-state index contributed by atoms with van der Waals surface area (Å²) in [5.41, 5.74) is 1.25. The molecule has 2 aliphatic heterocycles. The van der Waals surface area contributed by atoms with Crippen LogP contribution < -0.4 is 10.1 Å². The normalized spacial score (nSPS) is 26.9. The molecular weight excluding hydrogens is 340 g/mol. The first-order chi connectivity index (χ1) is 13.3. The Labute approximate surface area is 159 Å². The van der Waals surface area contributed by atoms with Gasteiger partial charge in [-0.25, -0.2) is 4.98 Å². The quantitative estimate of drug-likeness (QED) is 0.851. The molecule has 1 saturated heterocycles. The van der Waals surface area contributed by atoms with Crippen LogP contribution >= 0.6 is 0 Å². The fraction of sp³-hybridized carbons (Fsp3) is 0.524. The summed E-state index contributed by atoms with van der Waals surface area (Å²) >= 11 is 0. The van der Waals surface area contributed by atoms with Gasteiger partial charge in [-0.15, -0.1) is 0 Å². The van der Waals surface area contributed by atoms with Crippen LogP contribution in [-0.4, -0.2) is 46.6 Å². The summed E-state index contributed by atoms with van der Waals surface area (Å²) in [6.07, 6.45) is 8.11. The summed E-state index contributed by atoms with van der Waals surface area (Å²) in [6, 6.07) is 8.64. The topological polar surface area (TPSA) is 59.4 Å². The number of ether oxygens (including phenoxy) is 1. The molecule has 6 heteroatoms. The smallest absolute Gasteiger partial charge is 0.224 e. The summed E-state index contributed by atoms with van der Waals surface area (Å²) in [5.74, 6) is 2.17.